The van der Waals surface area contributed by atoms with Crippen LogP contribution in [0.1, 0.15) is 36.0 Å². The number of hydrogen-bond acceptors (Lipinski definition) is 4. The number of carbonyl (C=O) groups is 1. The van der Waals surface area contributed by atoms with Crippen molar-refractivity contribution >= 4 is 40.9 Å². The Morgan fingerprint density at radius 2 is 1.81 bits per heavy atom. The fourth-order valence-electron chi connectivity index (χ4n) is 5.08. The number of fused-ring (bicyclic) bond motifs is 1. The van der Waals surface area contributed by atoms with E-state index in [1.807, 2.05) is 12.1 Å². The molecule has 4 nitrogen and oxygen atoms in total. The molecule has 0 N–H and O–H groups in total. The van der Waals surface area contributed by atoms with Crippen LogP contribution in [0.4, 0.5) is 11.4 Å². The van der Waals surface area contributed by atoms with Crippen LogP contribution in [-0.2, 0) is 24.1 Å². The van der Waals surface area contributed by atoms with Gasteiger partial charge in [0.1, 0.15) is 6.29 Å². The van der Waals surface area contributed by atoms with Crippen LogP contribution in [0.15, 0.2) is 30.3 Å². The first-order valence-corrected chi connectivity index (χ1v) is 12.5. The number of aldehydes is 1. The maximum atomic E-state index is 10.9. The number of unbranched alkanes of at least 4 members (excludes halogenated alkanes) is 1. The summed E-state index contributed by atoms with van der Waals surface area (Å²) in [6.07, 6.45) is 7.13. The number of likely N-dealkylation sites (N-methyl/N-ethyl adjacent to an activating group) is 1. The molecule has 0 spiro atoms. The molecule has 1 fully saturated rings. The number of aryl methyl sites for hydroxylation is 2. The maximum Gasteiger partial charge on any atom is 0.120 e. The van der Waals surface area contributed by atoms with Crippen molar-refractivity contribution in [1.82, 2.24) is 4.90 Å². The van der Waals surface area contributed by atoms with Gasteiger partial charge in [0.05, 0.1) is 15.7 Å². The molecular formula is C26H33Cl2N3O. The lowest BCUT2D eigenvalue weighted by atomic mass is 9.97. The zero-order chi connectivity index (χ0) is 22.5. The summed E-state index contributed by atoms with van der Waals surface area (Å²) in [5, 5.41) is 1.29. The molecule has 2 heterocycles. The number of hydrogen-bond donors (Lipinski definition) is 0. The number of nitrogens with zero attached hydrogens (tertiary/aromatic N) is 3. The number of halogens is 2. The quantitative estimate of drug-likeness (QED) is 0.366. The summed E-state index contributed by atoms with van der Waals surface area (Å²) < 4.78 is 0. The molecule has 2 aliphatic rings. The fourth-order valence-corrected chi connectivity index (χ4v) is 5.49. The Morgan fingerprint density at radius 3 is 2.59 bits per heavy atom. The average Bonchev–Trinajstić information content (AvgIpc) is 3.18. The monoisotopic (exact) mass is 473 g/mol. The van der Waals surface area contributed by atoms with Gasteiger partial charge in [-0.05, 0) is 67.5 Å². The second-order valence-electron chi connectivity index (χ2n) is 9.00. The van der Waals surface area contributed by atoms with E-state index >= 15 is 0 Å². The van der Waals surface area contributed by atoms with Gasteiger partial charge in [-0.25, -0.2) is 0 Å². The third-order valence-electron chi connectivity index (χ3n) is 6.79. The van der Waals surface area contributed by atoms with Gasteiger partial charge in [0, 0.05) is 51.9 Å². The normalized spacial score (nSPS) is 16.5. The van der Waals surface area contributed by atoms with Crippen LogP contribution < -0.4 is 9.80 Å². The molecule has 0 atom stereocenters. The minimum absolute atomic E-state index is 0.607. The molecule has 172 valence electrons. The Bertz CT molecular complexity index is 941. The van der Waals surface area contributed by atoms with E-state index in [1.54, 1.807) is 0 Å². The van der Waals surface area contributed by atoms with Gasteiger partial charge in [-0.15, -0.1) is 0 Å². The molecule has 2 aromatic rings. The van der Waals surface area contributed by atoms with E-state index < -0.39 is 0 Å². The zero-order valence-corrected chi connectivity index (χ0v) is 20.5. The smallest absolute Gasteiger partial charge is 0.120 e. The van der Waals surface area contributed by atoms with Crippen molar-refractivity contribution in [2.75, 3.05) is 56.1 Å². The van der Waals surface area contributed by atoms with Crippen LogP contribution in [-0.4, -0.2) is 57.5 Å². The van der Waals surface area contributed by atoms with Crippen molar-refractivity contribution < 1.29 is 4.79 Å². The SMILES string of the molecule is CN1CCc2cc(CCCCN3CCN(c4cccc(Cl)c4Cl)CC3)cc(CCC=O)c21. The molecule has 2 aromatic carbocycles. The van der Waals surface area contributed by atoms with Crippen LogP contribution >= 0.6 is 23.2 Å². The molecule has 0 bridgehead atoms. The fraction of sp³-hybridized carbons (Fsp3) is 0.500. The van der Waals surface area contributed by atoms with Gasteiger partial charge in [-0.1, -0.05) is 41.4 Å². The summed E-state index contributed by atoms with van der Waals surface area (Å²) >= 11 is 12.6. The number of rotatable bonds is 9. The van der Waals surface area contributed by atoms with Crippen LogP contribution in [0.5, 0.6) is 0 Å². The molecule has 0 saturated carbocycles. The highest BCUT2D eigenvalue weighted by molar-refractivity contribution is 6.43. The van der Waals surface area contributed by atoms with E-state index in [4.69, 9.17) is 23.2 Å². The Labute approximate surface area is 202 Å². The molecule has 0 amide bonds. The highest BCUT2D eigenvalue weighted by Gasteiger charge is 2.21. The molecule has 1 saturated heterocycles. The second-order valence-corrected chi connectivity index (χ2v) is 9.78. The number of piperazine rings is 1. The van der Waals surface area contributed by atoms with Crippen molar-refractivity contribution in [1.29, 1.82) is 0 Å². The van der Waals surface area contributed by atoms with Crippen LogP contribution in [0.25, 0.3) is 0 Å². The first-order valence-electron chi connectivity index (χ1n) is 11.8. The molecule has 4 rings (SSSR count). The van der Waals surface area contributed by atoms with Gasteiger partial charge >= 0.3 is 0 Å². The van der Waals surface area contributed by atoms with Crippen molar-refractivity contribution in [3.63, 3.8) is 0 Å². The Morgan fingerprint density at radius 1 is 1.00 bits per heavy atom. The standard InChI is InChI=1S/C26H33Cl2N3O/c1-29-12-10-22-19-20(18-21(26(22)29)7-5-17-32)6-2-3-11-30-13-15-31(16-14-30)24-9-4-8-23(27)25(24)28/h4,8-9,17-19H,2-3,5-7,10-16H2,1H3. The number of carbonyl (C=O) groups excluding carboxylic acids is 1. The number of benzene rings is 2. The molecule has 0 aliphatic carbocycles. The van der Waals surface area contributed by atoms with E-state index in [-0.39, 0.29) is 0 Å². The first-order chi connectivity index (χ1) is 15.6. The molecular weight excluding hydrogens is 441 g/mol. The third-order valence-corrected chi connectivity index (χ3v) is 7.60. The van der Waals surface area contributed by atoms with Gasteiger partial charge in [-0.2, -0.15) is 0 Å². The molecule has 6 heteroatoms. The molecule has 0 radical (unpaired) electrons. The van der Waals surface area contributed by atoms with E-state index in [9.17, 15) is 4.79 Å². The third kappa shape index (κ3) is 5.41. The molecule has 0 unspecified atom stereocenters. The van der Waals surface area contributed by atoms with Gasteiger partial charge in [0.25, 0.3) is 0 Å². The van der Waals surface area contributed by atoms with Crippen LogP contribution in [0, 0.1) is 0 Å². The summed E-state index contributed by atoms with van der Waals surface area (Å²) in [6, 6.07) is 10.6. The summed E-state index contributed by atoms with van der Waals surface area (Å²) in [4.78, 5) is 18.1. The van der Waals surface area contributed by atoms with E-state index in [0.717, 1.165) is 70.5 Å². The second kappa shape index (κ2) is 10.9. The lowest BCUT2D eigenvalue weighted by molar-refractivity contribution is -0.107. The summed E-state index contributed by atoms with van der Waals surface area (Å²) in [5.41, 5.74) is 6.65. The highest BCUT2D eigenvalue weighted by Crippen LogP contribution is 2.34. The minimum Gasteiger partial charge on any atom is -0.374 e. The summed E-state index contributed by atoms with van der Waals surface area (Å²) in [7, 11) is 2.16. The molecule has 32 heavy (non-hydrogen) atoms. The lowest BCUT2D eigenvalue weighted by Gasteiger charge is -2.36. The average molecular weight is 474 g/mol. The predicted octanol–water partition coefficient (Wildman–Crippen LogP) is 5.26. The van der Waals surface area contributed by atoms with Crippen molar-refractivity contribution in [2.45, 2.75) is 38.5 Å². The van der Waals surface area contributed by atoms with Gasteiger partial charge < -0.3 is 14.6 Å². The lowest BCUT2D eigenvalue weighted by Crippen LogP contribution is -2.46. The predicted molar refractivity (Wildman–Crippen MR) is 136 cm³/mol. The zero-order valence-electron chi connectivity index (χ0n) is 19.0. The Hall–Kier alpha value is -1.75. The summed E-state index contributed by atoms with van der Waals surface area (Å²) in [5.74, 6) is 0. The van der Waals surface area contributed by atoms with Crippen molar-refractivity contribution in [3.8, 4) is 0 Å². The van der Waals surface area contributed by atoms with E-state index in [2.05, 4.69) is 39.9 Å². The van der Waals surface area contributed by atoms with Crippen molar-refractivity contribution in [3.05, 3.63) is 57.1 Å². The minimum atomic E-state index is 0.607. The topological polar surface area (TPSA) is 26.8 Å². The Balaban J connectivity index is 1.25. The van der Waals surface area contributed by atoms with E-state index in [0.29, 0.717) is 16.5 Å². The van der Waals surface area contributed by atoms with Gasteiger partial charge in [0.15, 0.2) is 0 Å². The summed E-state index contributed by atoms with van der Waals surface area (Å²) in [6.45, 7) is 6.31. The van der Waals surface area contributed by atoms with Crippen LogP contribution in [0.2, 0.25) is 10.0 Å². The van der Waals surface area contributed by atoms with E-state index in [1.165, 1.54) is 35.2 Å². The van der Waals surface area contributed by atoms with Crippen molar-refractivity contribution in [2.24, 2.45) is 0 Å². The highest BCUT2D eigenvalue weighted by atomic mass is 35.5. The molecule has 2 aliphatic heterocycles. The number of anilines is 2. The largest absolute Gasteiger partial charge is 0.374 e. The van der Waals surface area contributed by atoms with Gasteiger partial charge in [0.2, 0.25) is 0 Å². The first kappa shape index (κ1) is 23.4. The maximum absolute atomic E-state index is 10.9. The molecule has 0 aromatic heterocycles. The van der Waals surface area contributed by atoms with Gasteiger partial charge in [-0.3, -0.25) is 4.90 Å². The Kier molecular flexibility index (Phi) is 7.98. The van der Waals surface area contributed by atoms with Crippen LogP contribution in [0.3, 0.4) is 0 Å².